The van der Waals surface area contributed by atoms with Crippen molar-refractivity contribution in [3.63, 3.8) is 0 Å². The molecule has 2 N–H and O–H groups in total. The maximum absolute atomic E-state index is 12.4. The van der Waals surface area contributed by atoms with Gasteiger partial charge in [-0.25, -0.2) is 18.6 Å². The molecule has 0 spiro atoms. The van der Waals surface area contributed by atoms with Crippen LogP contribution in [0, 0.1) is 10.1 Å². The van der Waals surface area contributed by atoms with Crippen molar-refractivity contribution in [1.82, 2.24) is 9.36 Å². The van der Waals surface area contributed by atoms with Crippen LogP contribution < -0.4 is 10.6 Å². The second kappa shape index (κ2) is 6.58. The fourth-order valence-electron chi connectivity index (χ4n) is 1.38. The topological polar surface area (TPSA) is 110 Å². The maximum Gasteiger partial charge on any atom is 0.324 e. The minimum absolute atomic E-state index is 0.0568. The van der Waals surface area contributed by atoms with Crippen LogP contribution >= 0.6 is 23.1 Å². The van der Waals surface area contributed by atoms with E-state index in [0.717, 1.165) is 18.3 Å². The lowest BCUT2D eigenvalue weighted by Crippen LogP contribution is -2.19. The lowest BCUT2D eigenvalue weighted by molar-refractivity contribution is -0.384. The molecule has 22 heavy (non-hydrogen) atoms. The lowest BCUT2D eigenvalue weighted by Gasteiger charge is -2.06. The largest absolute Gasteiger partial charge is 0.324 e. The number of amides is 2. The standard InChI is InChI=1S/C10H6ClF2N5O3S/c11-7-1-4(6(3-14-7)18(20)21)15-10(19)16-8-2-5(9(12)13)17-22-8/h1-3,9H,(H2,14,15,16,19). The van der Waals surface area contributed by atoms with Gasteiger partial charge < -0.3 is 5.32 Å². The van der Waals surface area contributed by atoms with E-state index in [1.807, 2.05) is 0 Å². The van der Waals surface area contributed by atoms with Crippen molar-refractivity contribution in [3.05, 3.63) is 39.3 Å². The Kier molecular flexibility index (Phi) is 4.78. The molecule has 0 bridgehead atoms. The normalized spacial score (nSPS) is 10.5. The lowest BCUT2D eigenvalue weighted by atomic mass is 10.3. The van der Waals surface area contributed by atoms with Crippen LogP contribution in [-0.2, 0) is 0 Å². The molecule has 0 radical (unpaired) electrons. The number of nitrogens with one attached hydrogen (secondary N) is 2. The highest BCUT2D eigenvalue weighted by atomic mass is 35.5. The first-order valence-corrected chi connectivity index (χ1v) is 6.64. The Hall–Kier alpha value is -2.40. The number of aromatic nitrogens is 2. The summed E-state index contributed by atoms with van der Waals surface area (Å²) >= 11 is 6.26. The Morgan fingerprint density at radius 1 is 1.41 bits per heavy atom. The van der Waals surface area contributed by atoms with Gasteiger partial charge in [0.1, 0.15) is 27.7 Å². The molecule has 2 heterocycles. The van der Waals surface area contributed by atoms with Gasteiger partial charge in [0.25, 0.3) is 6.43 Å². The quantitative estimate of drug-likeness (QED) is 0.497. The van der Waals surface area contributed by atoms with Crippen LogP contribution in [0.2, 0.25) is 5.15 Å². The van der Waals surface area contributed by atoms with Gasteiger partial charge in [0.2, 0.25) is 0 Å². The van der Waals surface area contributed by atoms with Crippen molar-refractivity contribution in [2.24, 2.45) is 0 Å². The number of halogens is 3. The van der Waals surface area contributed by atoms with E-state index in [9.17, 15) is 23.7 Å². The van der Waals surface area contributed by atoms with E-state index in [1.165, 1.54) is 0 Å². The summed E-state index contributed by atoms with van der Waals surface area (Å²) in [5.74, 6) is 0. The van der Waals surface area contributed by atoms with Gasteiger partial charge in [-0.3, -0.25) is 15.4 Å². The molecule has 12 heteroatoms. The molecule has 116 valence electrons. The van der Waals surface area contributed by atoms with Crippen molar-refractivity contribution in [3.8, 4) is 0 Å². The first-order chi connectivity index (χ1) is 10.4. The van der Waals surface area contributed by atoms with Gasteiger partial charge >= 0.3 is 11.7 Å². The molecule has 8 nitrogen and oxygen atoms in total. The monoisotopic (exact) mass is 349 g/mol. The molecule has 0 aliphatic heterocycles. The summed E-state index contributed by atoms with van der Waals surface area (Å²) in [4.78, 5) is 25.3. The van der Waals surface area contributed by atoms with Crippen molar-refractivity contribution >= 4 is 45.5 Å². The van der Waals surface area contributed by atoms with Gasteiger partial charge in [-0.2, -0.15) is 4.37 Å². The van der Waals surface area contributed by atoms with Gasteiger partial charge in [-0.15, -0.1) is 0 Å². The van der Waals surface area contributed by atoms with Gasteiger partial charge in [0, 0.05) is 12.1 Å². The van der Waals surface area contributed by atoms with E-state index in [0.29, 0.717) is 11.5 Å². The Labute approximate surface area is 130 Å². The van der Waals surface area contributed by atoms with E-state index in [1.54, 1.807) is 0 Å². The van der Waals surface area contributed by atoms with Gasteiger partial charge in [0.05, 0.1) is 4.92 Å². The van der Waals surface area contributed by atoms with Crippen molar-refractivity contribution in [2.45, 2.75) is 6.43 Å². The highest BCUT2D eigenvalue weighted by Crippen LogP contribution is 2.27. The molecular weight excluding hydrogens is 344 g/mol. The minimum Gasteiger partial charge on any atom is -0.302 e. The first-order valence-electron chi connectivity index (χ1n) is 5.49. The number of carbonyl (C=O) groups is 1. The Bertz CT molecular complexity index is 726. The first kappa shape index (κ1) is 16.0. The highest BCUT2D eigenvalue weighted by Gasteiger charge is 2.18. The Balaban J connectivity index is 2.11. The number of carbonyl (C=O) groups excluding carboxylic acids is 1. The molecule has 0 aliphatic rings. The molecule has 2 aromatic heterocycles. The number of pyridine rings is 1. The Morgan fingerprint density at radius 3 is 2.73 bits per heavy atom. The number of alkyl halides is 2. The fourth-order valence-corrected chi connectivity index (χ4v) is 2.19. The zero-order chi connectivity index (χ0) is 16.3. The number of hydrogen-bond acceptors (Lipinski definition) is 6. The average Bonchev–Trinajstić information content (AvgIpc) is 2.86. The summed E-state index contributed by atoms with van der Waals surface area (Å²) in [5.41, 5.74) is -1.11. The minimum atomic E-state index is -2.75. The average molecular weight is 350 g/mol. The third-order valence-corrected chi connectivity index (χ3v) is 3.21. The van der Waals surface area contributed by atoms with E-state index in [2.05, 4.69) is 20.0 Å². The van der Waals surface area contributed by atoms with Crippen LogP contribution in [0.5, 0.6) is 0 Å². The molecule has 0 aromatic carbocycles. The predicted octanol–water partition coefficient (Wildman–Crippen LogP) is 3.68. The summed E-state index contributed by atoms with van der Waals surface area (Å²) < 4.78 is 28.2. The zero-order valence-corrected chi connectivity index (χ0v) is 12.0. The molecule has 0 aliphatic carbocycles. The van der Waals surface area contributed by atoms with E-state index >= 15 is 0 Å². The predicted molar refractivity (Wildman–Crippen MR) is 75.6 cm³/mol. The molecule has 2 rings (SSSR count). The summed E-state index contributed by atoms with van der Waals surface area (Å²) in [6, 6.07) is 1.23. The number of nitrogens with zero attached hydrogens (tertiary/aromatic N) is 3. The highest BCUT2D eigenvalue weighted by molar-refractivity contribution is 7.10. The van der Waals surface area contributed by atoms with Gasteiger partial charge in [-0.05, 0) is 11.5 Å². The molecule has 0 atom stereocenters. The molecule has 0 fully saturated rings. The van der Waals surface area contributed by atoms with E-state index in [-0.39, 0.29) is 15.8 Å². The fraction of sp³-hybridized carbons (Fsp3) is 0.100. The van der Waals surface area contributed by atoms with Crippen molar-refractivity contribution in [1.29, 1.82) is 0 Å². The molecule has 2 amide bonds. The maximum atomic E-state index is 12.4. The summed E-state index contributed by atoms with van der Waals surface area (Å²) in [5, 5.41) is 15.3. The summed E-state index contributed by atoms with van der Waals surface area (Å²) in [6.45, 7) is 0. The van der Waals surface area contributed by atoms with Gasteiger partial charge in [-0.1, -0.05) is 11.6 Å². The van der Waals surface area contributed by atoms with Crippen LogP contribution in [0.4, 0.5) is 30.0 Å². The number of urea groups is 1. The smallest absolute Gasteiger partial charge is 0.302 e. The summed E-state index contributed by atoms with van der Waals surface area (Å²) in [6.07, 6.45) is -1.87. The van der Waals surface area contributed by atoms with Gasteiger partial charge in [0.15, 0.2) is 0 Å². The van der Waals surface area contributed by atoms with Crippen LogP contribution in [0.1, 0.15) is 12.1 Å². The molecule has 0 unspecified atom stereocenters. The molecule has 2 aromatic rings. The second-order valence-electron chi connectivity index (χ2n) is 3.78. The van der Waals surface area contributed by atoms with E-state index in [4.69, 9.17) is 11.6 Å². The van der Waals surface area contributed by atoms with Crippen molar-refractivity contribution in [2.75, 3.05) is 10.6 Å². The zero-order valence-electron chi connectivity index (χ0n) is 10.4. The number of nitro groups is 1. The number of anilines is 2. The molecular formula is C10H6ClF2N5O3S. The second-order valence-corrected chi connectivity index (χ2v) is 4.97. The SMILES string of the molecule is O=C(Nc1cc(C(F)F)ns1)Nc1cc(Cl)ncc1[N+](=O)[O-]. The third kappa shape index (κ3) is 3.83. The molecule has 0 saturated heterocycles. The van der Waals surface area contributed by atoms with Crippen molar-refractivity contribution < 1.29 is 18.5 Å². The Morgan fingerprint density at radius 2 is 2.14 bits per heavy atom. The molecule has 0 saturated carbocycles. The van der Waals surface area contributed by atoms with Crippen LogP contribution in [0.3, 0.4) is 0 Å². The van der Waals surface area contributed by atoms with Crippen LogP contribution in [-0.4, -0.2) is 20.3 Å². The number of hydrogen-bond donors (Lipinski definition) is 2. The third-order valence-electron chi connectivity index (χ3n) is 2.28. The summed E-state index contributed by atoms with van der Waals surface area (Å²) in [7, 11) is 0. The number of rotatable bonds is 4. The van der Waals surface area contributed by atoms with E-state index < -0.39 is 28.8 Å². The van der Waals surface area contributed by atoms with Crippen LogP contribution in [0.25, 0.3) is 0 Å². The van der Waals surface area contributed by atoms with Crippen LogP contribution in [0.15, 0.2) is 18.3 Å².